The molecule has 0 aliphatic heterocycles. The van der Waals surface area contributed by atoms with E-state index in [1.807, 2.05) is 30.4 Å². The third-order valence-corrected chi connectivity index (χ3v) is 11.3. The van der Waals surface area contributed by atoms with Crippen LogP contribution in [0.15, 0.2) is 48.6 Å². The first-order valence-electron chi connectivity index (χ1n) is 24.2. The summed E-state index contributed by atoms with van der Waals surface area (Å²) in [5.74, 6) is -0.849. The monoisotopic (exact) mass is 852 g/mol. The van der Waals surface area contributed by atoms with Crippen molar-refractivity contribution in [2.24, 2.45) is 5.73 Å². The third kappa shape index (κ3) is 45.3. The van der Waals surface area contributed by atoms with Gasteiger partial charge in [-0.05, 0) is 32.1 Å². The Labute approximate surface area is 362 Å². The molecule has 0 aromatic rings. The minimum Gasteiger partial charge on any atom is -0.462 e. The molecule has 1 unspecified atom stereocenters. The molecule has 59 heavy (non-hydrogen) atoms. The third-order valence-electron chi connectivity index (χ3n) is 10.3. The van der Waals surface area contributed by atoms with Crippen molar-refractivity contribution in [3.05, 3.63) is 48.6 Å². The van der Waals surface area contributed by atoms with Crippen molar-refractivity contribution >= 4 is 19.8 Å². The van der Waals surface area contributed by atoms with Crippen LogP contribution in [-0.4, -0.2) is 49.3 Å². The van der Waals surface area contributed by atoms with Crippen molar-refractivity contribution in [1.29, 1.82) is 0 Å². The second kappa shape index (κ2) is 45.5. The number of allylic oxidation sites excluding steroid dienone is 8. The molecule has 0 aliphatic rings. The van der Waals surface area contributed by atoms with E-state index in [1.54, 1.807) is 0 Å². The van der Waals surface area contributed by atoms with Gasteiger partial charge in [0.15, 0.2) is 6.10 Å². The van der Waals surface area contributed by atoms with E-state index in [1.165, 1.54) is 128 Å². The van der Waals surface area contributed by atoms with Crippen molar-refractivity contribution in [3.8, 4) is 0 Å². The van der Waals surface area contributed by atoms with Gasteiger partial charge < -0.3 is 20.1 Å². The van der Waals surface area contributed by atoms with Crippen LogP contribution in [0.2, 0.25) is 0 Å². The van der Waals surface area contributed by atoms with E-state index in [9.17, 15) is 19.0 Å². The Morgan fingerprint density at radius 3 is 1.39 bits per heavy atom. The normalized spacial score (nSPS) is 13.6. The molecule has 0 heterocycles. The number of hydrogen-bond acceptors (Lipinski definition) is 8. The molecular weight excluding hydrogens is 762 g/mol. The molecule has 0 aliphatic carbocycles. The van der Waals surface area contributed by atoms with Crippen molar-refractivity contribution < 1.29 is 37.6 Å². The maximum Gasteiger partial charge on any atom is 0.472 e. The average Bonchev–Trinajstić information content (AvgIpc) is 3.22. The number of rotatable bonds is 45. The predicted molar refractivity (Wildman–Crippen MR) is 247 cm³/mol. The van der Waals surface area contributed by atoms with Crippen LogP contribution in [0, 0.1) is 0 Å². The average molecular weight is 852 g/mol. The SMILES string of the molecule is CC/C=C/C=C/C=C/C=C/CCCCCCCC(=O)O[C@@H](COC(=O)CCCCCCCCCCCCCCCCCCCCCCCCC)COP(=O)(O)OCCN. The zero-order valence-corrected chi connectivity index (χ0v) is 38.9. The number of esters is 2. The van der Waals surface area contributed by atoms with Gasteiger partial charge in [0.25, 0.3) is 0 Å². The lowest BCUT2D eigenvalue weighted by Gasteiger charge is -2.19. The summed E-state index contributed by atoms with van der Waals surface area (Å²) in [4.78, 5) is 35.0. The van der Waals surface area contributed by atoms with Gasteiger partial charge in [-0.3, -0.25) is 18.6 Å². The molecule has 344 valence electrons. The lowest BCUT2D eigenvalue weighted by atomic mass is 10.0. The molecule has 0 aromatic heterocycles. The van der Waals surface area contributed by atoms with Crippen LogP contribution in [0.25, 0.3) is 0 Å². The highest BCUT2D eigenvalue weighted by Crippen LogP contribution is 2.43. The summed E-state index contributed by atoms with van der Waals surface area (Å²) in [6.07, 6.45) is 53.0. The molecule has 0 amide bonds. The first kappa shape index (κ1) is 57.0. The summed E-state index contributed by atoms with van der Waals surface area (Å²) in [5.41, 5.74) is 5.35. The Hall–Kier alpha value is -2.03. The summed E-state index contributed by atoms with van der Waals surface area (Å²) in [5, 5.41) is 0. The summed E-state index contributed by atoms with van der Waals surface area (Å²) in [6.45, 7) is 3.59. The van der Waals surface area contributed by atoms with Crippen LogP contribution in [0.4, 0.5) is 0 Å². The summed E-state index contributed by atoms with van der Waals surface area (Å²) in [7, 11) is -4.39. The molecule has 9 nitrogen and oxygen atoms in total. The number of unbranched alkanes of at least 4 members (excludes halogenated alkanes) is 27. The Morgan fingerprint density at radius 2 is 0.932 bits per heavy atom. The second-order valence-corrected chi connectivity index (χ2v) is 17.5. The van der Waals surface area contributed by atoms with Gasteiger partial charge in [-0.25, -0.2) is 4.57 Å². The minimum absolute atomic E-state index is 0.0484. The van der Waals surface area contributed by atoms with E-state index in [-0.39, 0.29) is 38.6 Å². The zero-order valence-electron chi connectivity index (χ0n) is 38.0. The maximum absolute atomic E-state index is 12.6. The molecule has 0 saturated heterocycles. The predicted octanol–water partition coefficient (Wildman–Crippen LogP) is 14.3. The lowest BCUT2D eigenvalue weighted by molar-refractivity contribution is -0.161. The number of carbonyl (C=O) groups excluding carboxylic acids is 2. The minimum atomic E-state index is -4.39. The molecule has 3 N–H and O–H groups in total. The van der Waals surface area contributed by atoms with E-state index >= 15 is 0 Å². The van der Waals surface area contributed by atoms with Crippen molar-refractivity contribution in [3.63, 3.8) is 0 Å². The van der Waals surface area contributed by atoms with E-state index in [0.29, 0.717) is 6.42 Å². The van der Waals surface area contributed by atoms with Gasteiger partial charge in [-0.15, -0.1) is 0 Å². The molecule has 2 atom stereocenters. The smallest absolute Gasteiger partial charge is 0.462 e. The van der Waals surface area contributed by atoms with Crippen LogP contribution < -0.4 is 5.73 Å². The molecule has 0 spiro atoms. The van der Waals surface area contributed by atoms with Gasteiger partial charge in [0, 0.05) is 19.4 Å². The lowest BCUT2D eigenvalue weighted by Crippen LogP contribution is -2.29. The number of hydrogen-bond donors (Lipinski definition) is 2. The molecule has 0 radical (unpaired) electrons. The van der Waals surface area contributed by atoms with E-state index in [4.69, 9.17) is 24.3 Å². The van der Waals surface area contributed by atoms with Gasteiger partial charge in [0.1, 0.15) is 6.61 Å². The number of phosphoric acid groups is 1. The number of carbonyl (C=O) groups is 2. The van der Waals surface area contributed by atoms with Crippen LogP contribution >= 0.6 is 7.82 Å². The largest absolute Gasteiger partial charge is 0.472 e. The highest BCUT2D eigenvalue weighted by molar-refractivity contribution is 7.47. The van der Waals surface area contributed by atoms with E-state index < -0.39 is 26.5 Å². The fraction of sp³-hybridized carbons (Fsp3) is 0.796. The highest BCUT2D eigenvalue weighted by Gasteiger charge is 2.26. The maximum atomic E-state index is 12.6. The van der Waals surface area contributed by atoms with E-state index in [2.05, 4.69) is 32.1 Å². The highest BCUT2D eigenvalue weighted by atomic mass is 31.2. The number of ether oxygens (including phenoxy) is 2. The Kier molecular flexibility index (Phi) is 43.9. The molecule has 0 aromatic carbocycles. The van der Waals surface area contributed by atoms with Crippen molar-refractivity contribution in [2.75, 3.05) is 26.4 Å². The molecule has 0 bridgehead atoms. The summed E-state index contributed by atoms with van der Waals surface area (Å²) >= 11 is 0. The Bertz CT molecular complexity index is 1110. The van der Waals surface area contributed by atoms with Crippen molar-refractivity contribution in [2.45, 2.75) is 225 Å². The van der Waals surface area contributed by atoms with Gasteiger partial charge in [0.2, 0.25) is 0 Å². The van der Waals surface area contributed by atoms with Gasteiger partial charge >= 0.3 is 19.8 Å². The van der Waals surface area contributed by atoms with Crippen LogP contribution in [0.1, 0.15) is 219 Å². The first-order chi connectivity index (χ1) is 28.8. The Balaban J connectivity index is 4.03. The van der Waals surface area contributed by atoms with E-state index in [0.717, 1.165) is 57.8 Å². The first-order valence-corrected chi connectivity index (χ1v) is 25.7. The van der Waals surface area contributed by atoms with Crippen molar-refractivity contribution in [1.82, 2.24) is 0 Å². The standard InChI is InChI=1S/C49H90NO8P/c1-3-5-7-9-11-13-15-17-19-20-21-22-23-24-25-26-28-29-31-33-35-37-39-41-48(51)55-45-47(46-57-59(53,54)56-44-43-50)58-49(52)42-40-38-36-34-32-30-27-18-16-14-12-10-8-6-4-2/h6,8,10,12,14,16,18,27,47H,3-5,7,9,11,13,15,17,19-26,28-46,50H2,1-2H3,(H,53,54)/b8-6+,12-10+,16-14+,27-18+/t47-/m0/s1. The summed E-state index contributed by atoms with van der Waals surface area (Å²) in [6, 6.07) is 0. The van der Waals surface area contributed by atoms with Crippen LogP contribution in [0.5, 0.6) is 0 Å². The molecule has 10 heteroatoms. The quantitative estimate of drug-likeness (QED) is 0.0266. The number of nitrogens with two attached hydrogens (primary N) is 1. The van der Waals surface area contributed by atoms with Crippen LogP contribution in [-0.2, 0) is 32.7 Å². The fourth-order valence-corrected chi connectivity index (χ4v) is 7.53. The Morgan fingerprint density at radius 1 is 0.525 bits per heavy atom. The zero-order chi connectivity index (χ0) is 43.2. The molecule has 0 fully saturated rings. The number of phosphoric ester groups is 1. The van der Waals surface area contributed by atoms with Gasteiger partial charge in [-0.2, -0.15) is 0 Å². The fourth-order valence-electron chi connectivity index (χ4n) is 6.76. The molecule has 0 rings (SSSR count). The topological polar surface area (TPSA) is 134 Å². The molecule has 0 saturated carbocycles. The summed E-state index contributed by atoms with van der Waals surface area (Å²) < 4.78 is 32.8. The van der Waals surface area contributed by atoms with Gasteiger partial charge in [0.05, 0.1) is 13.2 Å². The van der Waals surface area contributed by atoms with Crippen LogP contribution in [0.3, 0.4) is 0 Å². The molecular formula is C49H90NO8P. The van der Waals surface area contributed by atoms with Gasteiger partial charge in [-0.1, -0.05) is 223 Å². The second-order valence-electron chi connectivity index (χ2n) is 16.1.